The van der Waals surface area contributed by atoms with Gasteiger partial charge in [-0.3, -0.25) is 14.4 Å². The molecule has 0 atom stereocenters. The van der Waals surface area contributed by atoms with Gasteiger partial charge in [-0.15, -0.1) is 11.8 Å². The van der Waals surface area contributed by atoms with Crippen molar-refractivity contribution in [3.63, 3.8) is 0 Å². The van der Waals surface area contributed by atoms with Crippen molar-refractivity contribution in [3.05, 3.63) is 71.8 Å². The van der Waals surface area contributed by atoms with Crippen LogP contribution in [0.15, 0.2) is 59.8 Å². The van der Waals surface area contributed by atoms with E-state index in [0.717, 1.165) is 4.90 Å². The average Bonchev–Trinajstić information content (AvgIpc) is 3.20. The predicted molar refractivity (Wildman–Crippen MR) is 108 cm³/mol. The molecule has 0 aliphatic heterocycles. The van der Waals surface area contributed by atoms with Crippen molar-refractivity contribution in [1.29, 1.82) is 0 Å². The van der Waals surface area contributed by atoms with Crippen LogP contribution in [0.2, 0.25) is 0 Å². The SMILES string of the molecule is CSc1ccccc1C(=O)Nc1ccc(NC(=O)c2[nH]cnc2C(N)=O)cc1. The van der Waals surface area contributed by atoms with Crippen molar-refractivity contribution in [2.24, 2.45) is 5.73 Å². The Bertz CT molecular complexity index is 1030. The molecule has 0 aliphatic carbocycles. The molecular weight excluding hydrogens is 378 g/mol. The Hall–Kier alpha value is -3.59. The van der Waals surface area contributed by atoms with Crippen molar-refractivity contribution < 1.29 is 14.4 Å². The molecule has 0 saturated carbocycles. The van der Waals surface area contributed by atoms with Crippen molar-refractivity contribution in [2.75, 3.05) is 16.9 Å². The highest BCUT2D eigenvalue weighted by atomic mass is 32.2. The Kier molecular flexibility index (Phi) is 5.75. The number of carbonyl (C=O) groups is 3. The van der Waals surface area contributed by atoms with Gasteiger partial charge in [0.1, 0.15) is 5.69 Å². The molecule has 3 amide bonds. The molecule has 0 bridgehead atoms. The Morgan fingerprint density at radius 3 is 2.18 bits per heavy atom. The van der Waals surface area contributed by atoms with Gasteiger partial charge in [0, 0.05) is 16.3 Å². The van der Waals surface area contributed by atoms with E-state index in [1.807, 2.05) is 24.5 Å². The number of thioether (sulfide) groups is 1. The van der Waals surface area contributed by atoms with Gasteiger partial charge in [-0.2, -0.15) is 0 Å². The molecule has 1 heterocycles. The van der Waals surface area contributed by atoms with E-state index in [-0.39, 0.29) is 17.3 Å². The molecule has 2 aromatic carbocycles. The first-order chi connectivity index (χ1) is 13.5. The summed E-state index contributed by atoms with van der Waals surface area (Å²) in [6.45, 7) is 0. The summed E-state index contributed by atoms with van der Waals surface area (Å²) in [4.78, 5) is 43.2. The number of aromatic nitrogens is 2. The number of rotatable bonds is 6. The average molecular weight is 395 g/mol. The van der Waals surface area contributed by atoms with Crippen LogP contribution in [0.5, 0.6) is 0 Å². The van der Waals surface area contributed by atoms with Gasteiger partial charge in [-0.05, 0) is 42.7 Å². The Balaban J connectivity index is 1.68. The van der Waals surface area contributed by atoms with E-state index < -0.39 is 11.8 Å². The minimum Gasteiger partial charge on any atom is -0.364 e. The van der Waals surface area contributed by atoms with Crippen LogP contribution in [-0.4, -0.2) is 33.9 Å². The van der Waals surface area contributed by atoms with Crippen molar-refractivity contribution in [1.82, 2.24) is 9.97 Å². The first-order valence-electron chi connectivity index (χ1n) is 8.18. The molecule has 28 heavy (non-hydrogen) atoms. The molecule has 0 spiro atoms. The minimum atomic E-state index is -0.796. The number of nitrogens with two attached hydrogens (primary N) is 1. The van der Waals surface area contributed by atoms with E-state index in [0.29, 0.717) is 16.9 Å². The smallest absolute Gasteiger partial charge is 0.274 e. The first-order valence-corrected chi connectivity index (χ1v) is 9.41. The number of carbonyl (C=O) groups excluding carboxylic acids is 3. The van der Waals surface area contributed by atoms with Crippen LogP contribution in [0.3, 0.4) is 0 Å². The van der Waals surface area contributed by atoms with E-state index in [1.54, 1.807) is 30.3 Å². The summed E-state index contributed by atoms with van der Waals surface area (Å²) in [5.74, 6) is -1.56. The van der Waals surface area contributed by atoms with Gasteiger partial charge < -0.3 is 21.4 Å². The lowest BCUT2D eigenvalue weighted by Crippen LogP contribution is -2.20. The molecule has 0 fully saturated rings. The van der Waals surface area contributed by atoms with Crippen LogP contribution in [0, 0.1) is 0 Å². The zero-order valence-electron chi connectivity index (χ0n) is 14.9. The van der Waals surface area contributed by atoms with Crippen LogP contribution >= 0.6 is 11.8 Å². The molecule has 142 valence electrons. The number of hydrogen-bond acceptors (Lipinski definition) is 5. The predicted octanol–water partition coefficient (Wildman–Crippen LogP) is 2.74. The molecule has 1 aromatic heterocycles. The third-order valence-electron chi connectivity index (χ3n) is 3.85. The molecule has 3 rings (SSSR count). The number of amides is 3. The number of hydrogen-bond donors (Lipinski definition) is 4. The molecule has 0 unspecified atom stereocenters. The fraction of sp³-hybridized carbons (Fsp3) is 0.0526. The van der Waals surface area contributed by atoms with Crippen LogP contribution < -0.4 is 16.4 Å². The van der Waals surface area contributed by atoms with Crippen molar-refractivity contribution in [3.8, 4) is 0 Å². The number of nitrogens with zero attached hydrogens (tertiary/aromatic N) is 1. The number of nitrogens with one attached hydrogen (secondary N) is 3. The van der Waals surface area contributed by atoms with Crippen molar-refractivity contribution in [2.45, 2.75) is 4.90 Å². The van der Waals surface area contributed by atoms with Crippen LogP contribution in [0.4, 0.5) is 11.4 Å². The number of anilines is 2. The van der Waals surface area contributed by atoms with E-state index in [4.69, 9.17) is 5.73 Å². The molecule has 0 aliphatic rings. The van der Waals surface area contributed by atoms with Gasteiger partial charge in [-0.1, -0.05) is 12.1 Å². The zero-order chi connectivity index (χ0) is 20.1. The second-order valence-corrected chi connectivity index (χ2v) is 6.52. The van der Waals surface area contributed by atoms with Crippen LogP contribution in [0.1, 0.15) is 31.3 Å². The summed E-state index contributed by atoms with van der Waals surface area (Å²) >= 11 is 1.50. The number of imidazole rings is 1. The van der Waals surface area contributed by atoms with Crippen LogP contribution in [0.25, 0.3) is 0 Å². The van der Waals surface area contributed by atoms with Crippen LogP contribution in [-0.2, 0) is 0 Å². The normalized spacial score (nSPS) is 10.3. The molecule has 3 aromatic rings. The Labute approximate surface area is 164 Å². The van der Waals surface area contributed by atoms with E-state index in [2.05, 4.69) is 20.6 Å². The Morgan fingerprint density at radius 1 is 0.964 bits per heavy atom. The van der Waals surface area contributed by atoms with Crippen molar-refractivity contribution >= 4 is 40.9 Å². The number of primary amides is 1. The standard InChI is InChI=1S/C19H17N5O3S/c1-28-14-5-3-2-4-13(14)18(26)23-11-6-8-12(9-7-11)24-19(27)16-15(17(20)25)21-10-22-16/h2-10H,1H3,(H2,20,25)(H,21,22)(H,23,26)(H,24,27). The monoisotopic (exact) mass is 395 g/mol. The van der Waals surface area contributed by atoms with Gasteiger partial charge in [0.25, 0.3) is 17.7 Å². The summed E-state index contributed by atoms with van der Waals surface area (Å²) in [6.07, 6.45) is 3.13. The maximum Gasteiger partial charge on any atom is 0.274 e. The largest absolute Gasteiger partial charge is 0.364 e. The quantitative estimate of drug-likeness (QED) is 0.477. The molecular formula is C19H17N5O3S. The highest BCUT2D eigenvalue weighted by Crippen LogP contribution is 2.22. The third kappa shape index (κ3) is 4.21. The fourth-order valence-electron chi connectivity index (χ4n) is 2.52. The summed E-state index contributed by atoms with van der Waals surface area (Å²) in [6, 6.07) is 13.9. The molecule has 5 N–H and O–H groups in total. The Morgan fingerprint density at radius 2 is 1.57 bits per heavy atom. The highest BCUT2D eigenvalue weighted by Gasteiger charge is 2.18. The first kappa shape index (κ1) is 19.2. The summed E-state index contributed by atoms with van der Waals surface area (Å²) in [7, 11) is 0. The number of benzene rings is 2. The van der Waals surface area contributed by atoms with E-state index in [9.17, 15) is 14.4 Å². The van der Waals surface area contributed by atoms with Gasteiger partial charge >= 0.3 is 0 Å². The lowest BCUT2D eigenvalue weighted by molar-refractivity contribution is 0.0972. The van der Waals surface area contributed by atoms with Gasteiger partial charge in [0.05, 0.1) is 11.9 Å². The number of aromatic amines is 1. The second kappa shape index (κ2) is 8.40. The second-order valence-electron chi connectivity index (χ2n) is 5.68. The molecule has 8 nitrogen and oxygen atoms in total. The maximum atomic E-state index is 12.5. The fourth-order valence-corrected chi connectivity index (χ4v) is 3.11. The summed E-state index contributed by atoms with van der Waals surface area (Å²) < 4.78 is 0. The van der Waals surface area contributed by atoms with Gasteiger partial charge in [-0.25, -0.2) is 4.98 Å². The van der Waals surface area contributed by atoms with E-state index >= 15 is 0 Å². The molecule has 9 heteroatoms. The van der Waals surface area contributed by atoms with E-state index in [1.165, 1.54) is 18.1 Å². The molecule has 0 saturated heterocycles. The van der Waals surface area contributed by atoms with Gasteiger partial charge in [0.2, 0.25) is 0 Å². The summed E-state index contributed by atoms with van der Waals surface area (Å²) in [5, 5.41) is 5.46. The minimum absolute atomic E-state index is 0.0152. The summed E-state index contributed by atoms with van der Waals surface area (Å²) in [5.41, 5.74) is 6.69. The maximum absolute atomic E-state index is 12.5. The topological polar surface area (TPSA) is 130 Å². The highest BCUT2D eigenvalue weighted by molar-refractivity contribution is 7.98. The lowest BCUT2D eigenvalue weighted by atomic mass is 10.2. The number of H-pyrrole nitrogens is 1. The lowest BCUT2D eigenvalue weighted by Gasteiger charge is -2.10. The molecule has 0 radical (unpaired) electrons. The third-order valence-corrected chi connectivity index (χ3v) is 4.65. The van der Waals surface area contributed by atoms with Gasteiger partial charge in [0.15, 0.2) is 5.69 Å². The zero-order valence-corrected chi connectivity index (χ0v) is 15.7.